The Balaban J connectivity index is 2.22. The van der Waals surface area contributed by atoms with Gasteiger partial charge in [0.05, 0.1) is 16.5 Å². The van der Waals surface area contributed by atoms with Gasteiger partial charge >= 0.3 is 0 Å². The van der Waals surface area contributed by atoms with E-state index in [9.17, 15) is 5.11 Å². The van der Waals surface area contributed by atoms with Crippen molar-refractivity contribution in [2.24, 2.45) is 5.92 Å². The quantitative estimate of drug-likeness (QED) is 0.790. The van der Waals surface area contributed by atoms with Crippen molar-refractivity contribution in [1.82, 2.24) is 4.98 Å². The Morgan fingerprint density at radius 2 is 2.23 bits per heavy atom. The fourth-order valence-corrected chi connectivity index (χ4v) is 1.89. The highest BCUT2D eigenvalue weighted by Crippen LogP contribution is 2.22. The van der Waals surface area contributed by atoms with E-state index >= 15 is 0 Å². The second-order valence-electron chi connectivity index (χ2n) is 3.74. The largest absolute Gasteiger partial charge is 0.388 e. The molecule has 0 aliphatic rings. The van der Waals surface area contributed by atoms with Crippen LogP contribution in [0.1, 0.15) is 44.1 Å². The zero-order valence-corrected chi connectivity index (χ0v) is 9.05. The Bertz CT molecular complexity index is 221. The molecule has 3 heteroatoms. The molecule has 1 aromatic rings. The van der Waals surface area contributed by atoms with Crippen molar-refractivity contribution in [3.8, 4) is 0 Å². The predicted octanol–water partition coefficient (Wildman–Crippen LogP) is 3.00. The number of nitrogens with zero attached hydrogens (tertiary/aromatic N) is 1. The fourth-order valence-electron chi connectivity index (χ4n) is 1.25. The normalized spacial score (nSPS) is 13.5. The standard InChI is InChI=1S/C10H17NOS/c1-8(2)4-3-5-9(12)10-6-11-7-13-10/h6-9,12H,3-5H2,1-2H3. The molecule has 0 spiro atoms. The van der Waals surface area contributed by atoms with Crippen LogP contribution >= 0.6 is 11.3 Å². The summed E-state index contributed by atoms with van der Waals surface area (Å²) in [5.41, 5.74) is 1.76. The molecule has 0 radical (unpaired) electrons. The van der Waals surface area contributed by atoms with Gasteiger partial charge in [0.2, 0.25) is 0 Å². The first-order valence-corrected chi connectivity index (χ1v) is 5.64. The van der Waals surface area contributed by atoms with E-state index in [1.807, 2.05) is 0 Å². The van der Waals surface area contributed by atoms with Gasteiger partial charge in [-0.05, 0) is 12.3 Å². The highest BCUT2D eigenvalue weighted by molar-refractivity contribution is 7.09. The van der Waals surface area contributed by atoms with E-state index in [-0.39, 0.29) is 6.10 Å². The summed E-state index contributed by atoms with van der Waals surface area (Å²) in [5.74, 6) is 0.730. The van der Waals surface area contributed by atoms with Gasteiger partial charge in [0, 0.05) is 6.20 Å². The molecule has 1 rings (SSSR count). The molecule has 1 atom stereocenters. The minimum absolute atomic E-state index is 0.300. The van der Waals surface area contributed by atoms with Crippen LogP contribution in [0.3, 0.4) is 0 Å². The minimum atomic E-state index is -0.300. The molecule has 0 fully saturated rings. The summed E-state index contributed by atoms with van der Waals surface area (Å²) in [7, 11) is 0. The maximum Gasteiger partial charge on any atom is 0.0898 e. The molecule has 0 aromatic carbocycles. The first-order valence-electron chi connectivity index (χ1n) is 4.76. The molecular weight excluding hydrogens is 182 g/mol. The van der Waals surface area contributed by atoms with Crippen molar-refractivity contribution in [2.75, 3.05) is 0 Å². The van der Waals surface area contributed by atoms with Crippen LogP contribution < -0.4 is 0 Å². The average Bonchev–Trinajstić information content (AvgIpc) is 2.55. The zero-order chi connectivity index (χ0) is 9.68. The molecular formula is C10H17NOS. The van der Waals surface area contributed by atoms with E-state index in [1.165, 1.54) is 17.8 Å². The van der Waals surface area contributed by atoms with Gasteiger partial charge in [-0.1, -0.05) is 26.7 Å². The smallest absolute Gasteiger partial charge is 0.0898 e. The Hall–Kier alpha value is -0.410. The number of hydrogen-bond donors (Lipinski definition) is 1. The summed E-state index contributed by atoms with van der Waals surface area (Å²) in [6, 6.07) is 0. The van der Waals surface area contributed by atoms with Crippen LogP contribution in [-0.2, 0) is 0 Å². The summed E-state index contributed by atoms with van der Waals surface area (Å²) in [6.45, 7) is 4.41. The lowest BCUT2D eigenvalue weighted by Gasteiger charge is -2.08. The van der Waals surface area contributed by atoms with Crippen LogP contribution in [0.4, 0.5) is 0 Å². The molecule has 0 saturated heterocycles. The van der Waals surface area contributed by atoms with Crippen LogP contribution in [0.25, 0.3) is 0 Å². The highest BCUT2D eigenvalue weighted by Gasteiger charge is 2.08. The second-order valence-corrected chi connectivity index (χ2v) is 4.66. The molecule has 2 nitrogen and oxygen atoms in total. The number of rotatable bonds is 5. The molecule has 0 saturated carbocycles. The number of aliphatic hydroxyl groups is 1. The second kappa shape index (κ2) is 5.35. The van der Waals surface area contributed by atoms with E-state index in [1.54, 1.807) is 11.7 Å². The number of aliphatic hydroxyl groups excluding tert-OH is 1. The van der Waals surface area contributed by atoms with Gasteiger partial charge in [0.15, 0.2) is 0 Å². The van der Waals surface area contributed by atoms with E-state index in [0.29, 0.717) is 0 Å². The molecule has 1 unspecified atom stereocenters. The summed E-state index contributed by atoms with van der Waals surface area (Å²) >= 11 is 1.53. The van der Waals surface area contributed by atoms with Gasteiger partial charge in [-0.3, -0.25) is 4.98 Å². The molecule has 0 aliphatic carbocycles. The van der Waals surface area contributed by atoms with Gasteiger partial charge < -0.3 is 5.11 Å². The van der Waals surface area contributed by atoms with E-state index < -0.39 is 0 Å². The van der Waals surface area contributed by atoms with E-state index in [4.69, 9.17) is 0 Å². The molecule has 1 aromatic heterocycles. The van der Waals surface area contributed by atoms with Gasteiger partial charge in [-0.15, -0.1) is 11.3 Å². The highest BCUT2D eigenvalue weighted by atomic mass is 32.1. The van der Waals surface area contributed by atoms with Gasteiger partial charge in [0.25, 0.3) is 0 Å². The maximum atomic E-state index is 9.69. The van der Waals surface area contributed by atoms with Crippen molar-refractivity contribution in [3.63, 3.8) is 0 Å². The van der Waals surface area contributed by atoms with E-state index in [0.717, 1.165) is 23.6 Å². The van der Waals surface area contributed by atoms with Crippen molar-refractivity contribution >= 4 is 11.3 Å². The predicted molar refractivity (Wildman–Crippen MR) is 55.8 cm³/mol. The Kier molecular flexibility index (Phi) is 4.39. The topological polar surface area (TPSA) is 33.1 Å². The third-order valence-corrected chi connectivity index (χ3v) is 2.92. The number of thiazole rings is 1. The molecule has 13 heavy (non-hydrogen) atoms. The zero-order valence-electron chi connectivity index (χ0n) is 8.23. The third kappa shape index (κ3) is 3.87. The minimum Gasteiger partial charge on any atom is -0.388 e. The van der Waals surface area contributed by atoms with Crippen molar-refractivity contribution < 1.29 is 5.11 Å². The fraction of sp³-hybridized carbons (Fsp3) is 0.700. The first kappa shape index (κ1) is 10.7. The third-order valence-electron chi connectivity index (χ3n) is 2.04. The monoisotopic (exact) mass is 199 g/mol. The van der Waals surface area contributed by atoms with Crippen molar-refractivity contribution in [2.45, 2.75) is 39.2 Å². The van der Waals surface area contributed by atoms with Gasteiger partial charge in [-0.2, -0.15) is 0 Å². The Morgan fingerprint density at radius 3 is 2.77 bits per heavy atom. The van der Waals surface area contributed by atoms with Crippen molar-refractivity contribution in [3.05, 3.63) is 16.6 Å². The van der Waals surface area contributed by atoms with Crippen LogP contribution in [0.2, 0.25) is 0 Å². The van der Waals surface area contributed by atoms with Crippen molar-refractivity contribution in [1.29, 1.82) is 0 Å². The van der Waals surface area contributed by atoms with Gasteiger partial charge in [-0.25, -0.2) is 0 Å². The summed E-state index contributed by atoms with van der Waals surface area (Å²) in [6.07, 6.45) is 4.60. The number of aromatic nitrogens is 1. The molecule has 1 heterocycles. The lowest BCUT2D eigenvalue weighted by Crippen LogP contribution is -1.96. The SMILES string of the molecule is CC(C)CCCC(O)c1cncs1. The molecule has 0 amide bonds. The Morgan fingerprint density at radius 1 is 1.46 bits per heavy atom. The summed E-state index contributed by atoms with van der Waals surface area (Å²) in [4.78, 5) is 4.93. The van der Waals surface area contributed by atoms with Crippen LogP contribution in [0.5, 0.6) is 0 Å². The Labute approximate surface area is 83.6 Å². The first-order chi connectivity index (χ1) is 6.20. The average molecular weight is 199 g/mol. The molecule has 0 aliphatic heterocycles. The molecule has 74 valence electrons. The molecule has 1 N–H and O–H groups in total. The van der Waals surface area contributed by atoms with E-state index in [2.05, 4.69) is 18.8 Å². The lowest BCUT2D eigenvalue weighted by molar-refractivity contribution is 0.165. The lowest BCUT2D eigenvalue weighted by atomic mass is 10.0. The summed E-state index contributed by atoms with van der Waals surface area (Å²) in [5, 5.41) is 9.69. The van der Waals surface area contributed by atoms with Crippen LogP contribution in [0, 0.1) is 5.92 Å². The number of hydrogen-bond acceptors (Lipinski definition) is 3. The van der Waals surface area contributed by atoms with Gasteiger partial charge in [0.1, 0.15) is 0 Å². The van der Waals surface area contributed by atoms with Crippen LogP contribution in [-0.4, -0.2) is 10.1 Å². The summed E-state index contributed by atoms with van der Waals surface area (Å²) < 4.78 is 0. The van der Waals surface area contributed by atoms with Crippen LogP contribution in [0.15, 0.2) is 11.7 Å². The molecule has 0 bridgehead atoms. The maximum absolute atomic E-state index is 9.69.